The van der Waals surface area contributed by atoms with Gasteiger partial charge in [-0.2, -0.15) is 4.31 Å². The lowest BCUT2D eigenvalue weighted by molar-refractivity contribution is -0.116. The van der Waals surface area contributed by atoms with Crippen LogP contribution in [-0.2, 0) is 14.8 Å². The van der Waals surface area contributed by atoms with Crippen molar-refractivity contribution in [1.82, 2.24) is 9.29 Å². The van der Waals surface area contributed by atoms with E-state index in [2.05, 4.69) is 10.3 Å². The molecule has 0 spiro atoms. The number of anilines is 1. The van der Waals surface area contributed by atoms with Crippen molar-refractivity contribution in [2.45, 2.75) is 10.9 Å². The molecule has 1 amide bonds. The molecule has 2 aromatic carbocycles. The number of fused-ring (bicyclic) bond motifs is 1. The molecule has 156 valence electrons. The summed E-state index contributed by atoms with van der Waals surface area (Å²) in [6.07, 6.45) is 2.92. The summed E-state index contributed by atoms with van der Waals surface area (Å²) in [5.41, 5.74) is 0.466. The Hall–Kier alpha value is -3.69. The molecule has 1 aromatic heterocycles. The Labute approximate surface area is 178 Å². The van der Waals surface area contributed by atoms with Gasteiger partial charge in [0.15, 0.2) is 17.6 Å². The predicted molar refractivity (Wildman–Crippen MR) is 112 cm³/mol. The predicted octanol–water partition coefficient (Wildman–Crippen LogP) is 2.16. The van der Waals surface area contributed by atoms with E-state index in [9.17, 15) is 22.8 Å². The average Bonchev–Trinajstić information content (AvgIpc) is 2.79. The highest BCUT2D eigenvalue weighted by Crippen LogP contribution is 2.31. The van der Waals surface area contributed by atoms with Gasteiger partial charge in [-0.3, -0.25) is 19.4 Å². The van der Waals surface area contributed by atoms with E-state index in [-0.39, 0.29) is 16.0 Å². The Morgan fingerprint density at radius 3 is 2.39 bits per heavy atom. The topological polar surface area (TPSA) is 114 Å². The Bertz CT molecular complexity index is 1260. The number of hydrogen-bond donors (Lipinski definition) is 1. The van der Waals surface area contributed by atoms with Gasteiger partial charge >= 0.3 is 0 Å². The number of nitrogens with one attached hydrogen (secondary N) is 1. The first-order valence-corrected chi connectivity index (χ1v) is 10.8. The second-order valence-corrected chi connectivity index (χ2v) is 8.69. The van der Waals surface area contributed by atoms with Crippen LogP contribution in [0.1, 0.15) is 20.7 Å². The van der Waals surface area contributed by atoms with Gasteiger partial charge in [-0.25, -0.2) is 8.42 Å². The lowest BCUT2D eigenvalue weighted by atomic mass is 9.96. The fourth-order valence-corrected chi connectivity index (χ4v) is 5.11. The molecule has 0 fully saturated rings. The summed E-state index contributed by atoms with van der Waals surface area (Å²) in [6, 6.07) is 15.1. The summed E-state index contributed by atoms with van der Waals surface area (Å²) in [4.78, 5) is 42.7. The zero-order chi connectivity index (χ0) is 22.0. The van der Waals surface area contributed by atoms with Gasteiger partial charge < -0.3 is 5.32 Å². The van der Waals surface area contributed by atoms with Gasteiger partial charge in [0.2, 0.25) is 15.9 Å². The number of sulfonamides is 1. The zero-order valence-corrected chi connectivity index (χ0v) is 17.0. The van der Waals surface area contributed by atoms with E-state index in [0.29, 0.717) is 9.99 Å². The summed E-state index contributed by atoms with van der Waals surface area (Å²) in [5, 5.41) is 2.53. The van der Waals surface area contributed by atoms with E-state index in [1.54, 1.807) is 30.3 Å². The summed E-state index contributed by atoms with van der Waals surface area (Å²) in [5.74, 6) is -2.07. The number of nitrogens with zero attached hydrogens (tertiary/aromatic N) is 2. The van der Waals surface area contributed by atoms with Crippen LogP contribution < -0.4 is 5.32 Å². The lowest BCUT2D eigenvalue weighted by Crippen LogP contribution is -2.55. The fourth-order valence-electron chi connectivity index (χ4n) is 3.40. The summed E-state index contributed by atoms with van der Waals surface area (Å²) in [7, 11) is -4.29. The van der Waals surface area contributed by atoms with Crippen molar-refractivity contribution in [2.75, 3.05) is 11.9 Å². The van der Waals surface area contributed by atoms with E-state index >= 15 is 0 Å². The SMILES string of the molecule is O=C(CN1C(C(=O)c2ccccc2)C(=O)c2ccccc2S1(=O)=O)Nc1cccnc1. The maximum Gasteiger partial charge on any atom is 0.245 e. The molecule has 4 rings (SSSR count). The Morgan fingerprint density at radius 1 is 0.968 bits per heavy atom. The number of pyridine rings is 1. The monoisotopic (exact) mass is 435 g/mol. The number of benzene rings is 2. The minimum Gasteiger partial charge on any atom is -0.324 e. The maximum atomic E-state index is 13.3. The van der Waals surface area contributed by atoms with Crippen molar-refractivity contribution >= 4 is 33.2 Å². The quantitative estimate of drug-likeness (QED) is 0.485. The number of Topliss-reactive ketones (excluding diaryl/α,β-unsaturated/α-hetero) is 2. The third-order valence-electron chi connectivity index (χ3n) is 4.83. The Balaban J connectivity index is 1.75. The first kappa shape index (κ1) is 20.6. The van der Waals surface area contributed by atoms with Crippen LogP contribution in [0, 0.1) is 0 Å². The Kier molecular flexibility index (Phi) is 5.45. The van der Waals surface area contributed by atoms with Crippen LogP contribution >= 0.6 is 0 Å². The molecule has 1 unspecified atom stereocenters. The van der Waals surface area contributed by atoms with Crippen LogP contribution in [0.15, 0.2) is 84.0 Å². The molecule has 1 N–H and O–H groups in total. The molecule has 0 bridgehead atoms. The molecule has 0 saturated carbocycles. The maximum absolute atomic E-state index is 13.3. The van der Waals surface area contributed by atoms with Crippen molar-refractivity contribution in [3.63, 3.8) is 0 Å². The highest BCUT2D eigenvalue weighted by Gasteiger charge is 2.48. The van der Waals surface area contributed by atoms with Gasteiger partial charge in [0.25, 0.3) is 0 Å². The normalized spacial score (nSPS) is 17.5. The van der Waals surface area contributed by atoms with Crippen molar-refractivity contribution < 1.29 is 22.8 Å². The molecule has 3 aromatic rings. The van der Waals surface area contributed by atoms with Crippen LogP contribution in [0.25, 0.3) is 0 Å². The van der Waals surface area contributed by atoms with Crippen molar-refractivity contribution in [2.24, 2.45) is 0 Å². The standard InChI is InChI=1S/C22H17N3O5S/c26-19(24-16-9-6-12-23-13-16)14-25-20(21(27)15-7-2-1-3-8-15)22(28)17-10-4-5-11-18(17)31(25,29)30/h1-13,20H,14H2,(H,24,26). The van der Waals surface area contributed by atoms with Gasteiger partial charge in [-0.1, -0.05) is 42.5 Å². The number of rotatable bonds is 5. The molecule has 0 saturated heterocycles. The zero-order valence-electron chi connectivity index (χ0n) is 16.1. The van der Waals surface area contributed by atoms with Gasteiger partial charge in [0, 0.05) is 17.3 Å². The van der Waals surface area contributed by atoms with Crippen LogP contribution in [0.2, 0.25) is 0 Å². The van der Waals surface area contributed by atoms with Crippen LogP contribution in [0.4, 0.5) is 5.69 Å². The van der Waals surface area contributed by atoms with E-state index in [4.69, 9.17) is 0 Å². The largest absolute Gasteiger partial charge is 0.324 e. The smallest absolute Gasteiger partial charge is 0.245 e. The number of carbonyl (C=O) groups is 3. The summed E-state index contributed by atoms with van der Waals surface area (Å²) in [6.45, 7) is -0.708. The first-order chi connectivity index (χ1) is 14.9. The van der Waals surface area contributed by atoms with Crippen molar-refractivity contribution in [3.05, 3.63) is 90.3 Å². The van der Waals surface area contributed by atoms with Gasteiger partial charge in [0.05, 0.1) is 23.3 Å². The first-order valence-electron chi connectivity index (χ1n) is 9.34. The van der Waals surface area contributed by atoms with Crippen LogP contribution in [-0.4, -0.2) is 47.8 Å². The number of hydrogen-bond acceptors (Lipinski definition) is 6. The molecular formula is C22H17N3O5S. The minimum atomic E-state index is -4.29. The molecule has 8 nitrogen and oxygen atoms in total. The van der Waals surface area contributed by atoms with E-state index in [1.807, 2.05) is 0 Å². The molecule has 1 aliphatic rings. The number of ketones is 2. The molecule has 9 heteroatoms. The number of amides is 1. The van der Waals surface area contributed by atoms with Gasteiger partial charge in [0.1, 0.15) is 0 Å². The van der Waals surface area contributed by atoms with Crippen LogP contribution in [0.5, 0.6) is 0 Å². The van der Waals surface area contributed by atoms with Gasteiger partial charge in [-0.15, -0.1) is 0 Å². The third kappa shape index (κ3) is 3.88. The molecule has 2 heterocycles. The van der Waals surface area contributed by atoms with E-state index < -0.39 is 40.1 Å². The molecule has 31 heavy (non-hydrogen) atoms. The molecule has 1 aliphatic heterocycles. The molecular weight excluding hydrogens is 418 g/mol. The molecule has 0 aliphatic carbocycles. The third-order valence-corrected chi connectivity index (χ3v) is 6.70. The second-order valence-electron chi connectivity index (χ2n) is 6.83. The van der Waals surface area contributed by atoms with Crippen molar-refractivity contribution in [3.8, 4) is 0 Å². The van der Waals surface area contributed by atoms with E-state index in [0.717, 1.165) is 0 Å². The number of carbonyl (C=O) groups excluding carboxylic acids is 3. The van der Waals surface area contributed by atoms with E-state index in [1.165, 1.54) is 48.8 Å². The second kappa shape index (κ2) is 8.21. The lowest BCUT2D eigenvalue weighted by Gasteiger charge is -2.33. The minimum absolute atomic E-state index is 0.0688. The van der Waals surface area contributed by atoms with Crippen LogP contribution in [0.3, 0.4) is 0 Å². The number of aromatic nitrogens is 1. The average molecular weight is 435 g/mol. The summed E-state index contributed by atoms with van der Waals surface area (Å²) >= 11 is 0. The fraction of sp³-hybridized carbons (Fsp3) is 0.0909. The highest BCUT2D eigenvalue weighted by atomic mass is 32.2. The van der Waals surface area contributed by atoms with Gasteiger partial charge in [-0.05, 0) is 24.3 Å². The summed E-state index contributed by atoms with van der Waals surface area (Å²) < 4.78 is 27.3. The molecule has 1 atom stereocenters. The highest BCUT2D eigenvalue weighted by molar-refractivity contribution is 7.89. The van der Waals surface area contributed by atoms with Crippen molar-refractivity contribution in [1.29, 1.82) is 0 Å². The molecule has 0 radical (unpaired) electrons. The Morgan fingerprint density at radius 2 is 1.68 bits per heavy atom.